The van der Waals surface area contributed by atoms with E-state index in [2.05, 4.69) is 46.1 Å². The summed E-state index contributed by atoms with van der Waals surface area (Å²) in [5.41, 5.74) is 6.23. The van der Waals surface area contributed by atoms with Crippen molar-refractivity contribution in [2.75, 3.05) is 7.11 Å². The van der Waals surface area contributed by atoms with E-state index in [-0.39, 0.29) is 0 Å². The minimum atomic E-state index is -0.814. The molecule has 0 saturated heterocycles. The van der Waals surface area contributed by atoms with E-state index in [1.165, 1.54) is 0 Å². The van der Waals surface area contributed by atoms with Gasteiger partial charge in [0.1, 0.15) is 5.65 Å². The molecule has 5 nitrogen and oxygen atoms in total. The van der Waals surface area contributed by atoms with Crippen LogP contribution in [-0.2, 0) is 5.60 Å². The Kier molecular flexibility index (Phi) is 5.31. The first-order valence-corrected chi connectivity index (χ1v) is 10.3. The molecule has 1 aromatic carbocycles. The molecule has 0 saturated carbocycles. The van der Waals surface area contributed by atoms with Crippen LogP contribution in [0.4, 0.5) is 0 Å². The van der Waals surface area contributed by atoms with Crippen LogP contribution < -0.4 is 4.74 Å². The number of rotatable bonds is 6. The van der Waals surface area contributed by atoms with E-state index in [1.54, 1.807) is 13.3 Å². The second-order valence-corrected chi connectivity index (χ2v) is 7.74. The van der Waals surface area contributed by atoms with Crippen molar-refractivity contribution in [1.82, 2.24) is 15.0 Å². The Labute approximate surface area is 176 Å². The van der Waals surface area contributed by atoms with Crippen molar-refractivity contribution in [1.29, 1.82) is 0 Å². The highest BCUT2D eigenvalue weighted by molar-refractivity contribution is 5.95. The number of pyridine rings is 2. The van der Waals surface area contributed by atoms with Crippen molar-refractivity contribution < 1.29 is 9.84 Å². The zero-order valence-corrected chi connectivity index (χ0v) is 17.9. The number of hydrogen-bond donors (Lipinski definition) is 2. The number of H-pyrrole nitrogens is 1. The molecule has 0 aliphatic rings. The summed E-state index contributed by atoms with van der Waals surface area (Å²) >= 11 is 0. The molecule has 154 valence electrons. The van der Waals surface area contributed by atoms with Crippen molar-refractivity contribution in [3.63, 3.8) is 0 Å². The molecule has 0 spiro atoms. The maximum absolute atomic E-state index is 11.0. The van der Waals surface area contributed by atoms with Gasteiger partial charge < -0.3 is 14.8 Å². The molecule has 5 heteroatoms. The lowest BCUT2D eigenvalue weighted by Gasteiger charge is -2.27. The molecule has 3 aromatic heterocycles. The number of aliphatic hydroxyl groups is 1. The largest absolute Gasteiger partial charge is 0.481 e. The summed E-state index contributed by atoms with van der Waals surface area (Å²) in [5.74, 6) is 0.577. The lowest BCUT2D eigenvalue weighted by atomic mass is 9.86. The summed E-state index contributed by atoms with van der Waals surface area (Å²) in [6, 6.07) is 12.3. The Morgan fingerprint density at radius 1 is 1.00 bits per heavy atom. The highest BCUT2D eigenvalue weighted by Crippen LogP contribution is 2.35. The number of aryl methyl sites for hydroxylation is 1. The Morgan fingerprint density at radius 2 is 1.80 bits per heavy atom. The molecule has 0 radical (unpaired) electrons. The Bertz CT molecular complexity index is 1190. The zero-order valence-electron chi connectivity index (χ0n) is 17.9. The van der Waals surface area contributed by atoms with E-state index >= 15 is 0 Å². The molecule has 0 aliphatic heterocycles. The number of benzene rings is 1. The van der Waals surface area contributed by atoms with Crippen molar-refractivity contribution in [2.45, 2.75) is 39.2 Å². The minimum absolute atomic E-state index is 0.577. The number of aromatic amines is 1. The average Bonchev–Trinajstić information content (AvgIpc) is 3.21. The minimum Gasteiger partial charge on any atom is -0.481 e. The maximum Gasteiger partial charge on any atom is 0.213 e. The van der Waals surface area contributed by atoms with Gasteiger partial charge in [-0.25, -0.2) is 9.97 Å². The third-order valence-electron chi connectivity index (χ3n) is 5.90. The van der Waals surface area contributed by atoms with Gasteiger partial charge in [-0.1, -0.05) is 31.5 Å². The second kappa shape index (κ2) is 7.92. The number of fused-ring (bicyclic) bond motifs is 1. The van der Waals surface area contributed by atoms with Crippen LogP contribution in [0.15, 0.2) is 55.0 Å². The van der Waals surface area contributed by atoms with Crippen molar-refractivity contribution in [2.24, 2.45) is 0 Å². The highest BCUT2D eigenvalue weighted by Gasteiger charge is 2.25. The molecular weight excluding hydrogens is 374 g/mol. The molecule has 4 aromatic rings. The monoisotopic (exact) mass is 401 g/mol. The Morgan fingerprint density at radius 3 is 2.53 bits per heavy atom. The fourth-order valence-electron chi connectivity index (χ4n) is 3.97. The van der Waals surface area contributed by atoms with Gasteiger partial charge in [-0.05, 0) is 54.7 Å². The van der Waals surface area contributed by atoms with E-state index in [0.717, 1.165) is 44.4 Å². The molecule has 0 fully saturated rings. The molecule has 30 heavy (non-hydrogen) atoms. The average molecular weight is 402 g/mol. The number of nitrogens with one attached hydrogen (secondary N) is 1. The maximum atomic E-state index is 11.0. The van der Waals surface area contributed by atoms with Gasteiger partial charge in [-0.3, -0.25) is 0 Å². The van der Waals surface area contributed by atoms with Gasteiger partial charge in [-0.2, -0.15) is 0 Å². The molecular formula is C25H27N3O2. The molecule has 0 unspecified atom stereocenters. The molecule has 3 heterocycles. The number of aromatic nitrogens is 3. The van der Waals surface area contributed by atoms with Crippen LogP contribution in [-0.4, -0.2) is 27.2 Å². The van der Waals surface area contributed by atoms with Gasteiger partial charge in [0, 0.05) is 41.2 Å². The first kappa shape index (κ1) is 20.1. The van der Waals surface area contributed by atoms with E-state index in [1.807, 2.05) is 38.4 Å². The van der Waals surface area contributed by atoms with Crippen LogP contribution in [0.5, 0.6) is 5.88 Å². The molecule has 0 atom stereocenters. The quantitative estimate of drug-likeness (QED) is 0.440. The van der Waals surface area contributed by atoms with E-state index in [9.17, 15) is 5.11 Å². The summed E-state index contributed by atoms with van der Waals surface area (Å²) in [4.78, 5) is 12.1. The van der Waals surface area contributed by atoms with Gasteiger partial charge in [0.25, 0.3) is 0 Å². The number of ether oxygens (including phenoxy) is 1. The van der Waals surface area contributed by atoms with Crippen molar-refractivity contribution in [3.05, 3.63) is 66.1 Å². The van der Waals surface area contributed by atoms with Crippen LogP contribution in [0.3, 0.4) is 0 Å². The third kappa shape index (κ3) is 3.57. The van der Waals surface area contributed by atoms with Gasteiger partial charge in [-0.15, -0.1) is 0 Å². The van der Waals surface area contributed by atoms with Gasteiger partial charge in [0.15, 0.2) is 0 Å². The summed E-state index contributed by atoms with van der Waals surface area (Å²) in [6.07, 6.45) is 6.94. The van der Waals surface area contributed by atoms with Crippen LogP contribution >= 0.6 is 0 Å². The fourth-order valence-corrected chi connectivity index (χ4v) is 3.97. The number of nitrogens with zero attached hydrogens (tertiary/aromatic N) is 2. The number of methoxy groups -OCH3 is 1. The van der Waals surface area contributed by atoms with Crippen LogP contribution in [0.1, 0.15) is 37.8 Å². The first-order chi connectivity index (χ1) is 14.5. The molecule has 4 rings (SSSR count). The second-order valence-electron chi connectivity index (χ2n) is 7.74. The Balaban J connectivity index is 1.84. The summed E-state index contributed by atoms with van der Waals surface area (Å²) in [5, 5.41) is 12.1. The lowest BCUT2D eigenvalue weighted by Crippen LogP contribution is -2.23. The van der Waals surface area contributed by atoms with Crippen LogP contribution in [0, 0.1) is 6.92 Å². The molecule has 0 bridgehead atoms. The summed E-state index contributed by atoms with van der Waals surface area (Å²) in [6.45, 7) is 6.11. The highest BCUT2D eigenvalue weighted by atomic mass is 16.5. The van der Waals surface area contributed by atoms with E-state index in [0.29, 0.717) is 18.7 Å². The summed E-state index contributed by atoms with van der Waals surface area (Å²) < 4.78 is 5.28. The van der Waals surface area contributed by atoms with Crippen LogP contribution in [0.25, 0.3) is 33.3 Å². The SMILES string of the molecule is CCC(O)(CC)c1cc(C)cc(-c2cnc3[nH]cc(-c4ccnc(OC)c4)c3c2)c1. The van der Waals surface area contributed by atoms with Gasteiger partial charge in [0.05, 0.1) is 12.7 Å². The predicted molar refractivity (Wildman–Crippen MR) is 121 cm³/mol. The normalized spacial score (nSPS) is 11.8. The number of hydrogen-bond acceptors (Lipinski definition) is 4. The molecule has 0 amide bonds. The molecule has 0 aliphatic carbocycles. The Hall–Kier alpha value is -3.18. The van der Waals surface area contributed by atoms with E-state index < -0.39 is 5.60 Å². The van der Waals surface area contributed by atoms with Crippen molar-refractivity contribution >= 4 is 11.0 Å². The first-order valence-electron chi connectivity index (χ1n) is 10.3. The van der Waals surface area contributed by atoms with Gasteiger partial charge >= 0.3 is 0 Å². The van der Waals surface area contributed by atoms with E-state index in [4.69, 9.17) is 4.74 Å². The van der Waals surface area contributed by atoms with Crippen LogP contribution in [0.2, 0.25) is 0 Å². The summed E-state index contributed by atoms with van der Waals surface area (Å²) in [7, 11) is 1.62. The smallest absolute Gasteiger partial charge is 0.213 e. The van der Waals surface area contributed by atoms with Crippen molar-refractivity contribution in [3.8, 4) is 28.1 Å². The predicted octanol–water partition coefficient (Wildman–Crippen LogP) is 5.62. The third-order valence-corrected chi connectivity index (χ3v) is 5.90. The van der Waals surface area contributed by atoms with Gasteiger partial charge in [0.2, 0.25) is 5.88 Å². The molecule has 2 N–H and O–H groups in total. The standard InChI is InChI=1S/C25H27N3O2/c1-5-25(29,6-2)20-10-16(3)9-18(11-20)19-12-21-22(15-28-24(21)27-14-19)17-7-8-26-23(13-17)30-4/h7-15,29H,5-6H2,1-4H3,(H,27,28). The lowest BCUT2D eigenvalue weighted by molar-refractivity contribution is 0.0284. The topological polar surface area (TPSA) is 71.0 Å². The zero-order chi connectivity index (χ0) is 21.3. The fraction of sp³-hybridized carbons (Fsp3) is 0.280.